The number of fused-ring (bicyclic) bond motifs is 5. The Balaban J connectivity index is 1.52. The maximum absolute atomic E-state index is 11.6. The lowest BCUT2D eigenvalue weighted by atomic mass is 9.44. The third-order valence-electron chi connectivity index (χ3n) is 10.4. The van der Waals surface area contributed by atoms with Crippen molar-refractivity contribution in [2.24, 2.45) is 46.3 Å². The molecule has 10 atom stereocenters. The minimum Gasteiger partial charge on any atom is -0.469 e. The van der Waals surface area contributed by atoms with Gasteiger partial charge in [-0.15, -0.1) is 0 Å². The van der Waals surface area contributed by atoms with Gasteiger partial charge in [-0.3, -0.25) is 4.79 Å². The molecule has 0 heterocycles. The first kappa shape index (κ1) is 21.6. The van der Waals surface area contributed by atoms with Gasteiger partial charge in [-0.1, -0.05) is 20.8 Å². The van der Waals surface area contributed by atoms with Gasteiger partial charge in [-0.05, 0) is 104 Å². The summed E-state index contributed by atoms with van der Waals surface area (Å²) < 4.78 is 4.86. The first-order valence-electron chi connectivity index (χ1n) is 12.1. The van der Waals surface area contributed by atoms with Crippen molar-refractivity contribution in [1.29, 1.82) is 0 Å². The van der Waals surface area contributed by atoms with Crippen LogP contribution in [-0.2, 0) is 9.53 Å². The van der Waals surface area contributed by atoms with Crippen LogP contribution in [0.1, 0.15) is 85.0 Å². The highest BCUT2D eigenvalue weighted by Crippen LogP contribution is 2.68. The monoisotopic (exact) mass is 406 g/mol. The van der Waals surface area contributed by atoms with Gasteiger partial charge in [0.15, 0.2) is 0 Å². The lowest BCUT2D eigenvalue weighted by molar-refractivity contribution is -0.172. The molecule has 4 aliphatic rings. The van der Waals surface area contributed by atoms with E-state index in [1.807, 2.05) is 0 Å². The third kappa shape index (κ3) is 3.46. The maximum Gasteiger partial charge on any atom is 0.305 e. The summed E-state index contributed by atoms with van der Waals surface area (Å²) in [6.45, 7) is 7.28. The topological polar surface area (TPSA) is 66.8 Å². The molecule has 0 aromatic carbocycles. The van der Waals surface area contributed by atoms with Crippen LogP contribution < -0.4 is 0 Å². The summed E-state index contributed by atoms with van der Waals surface area (Å²) in [6, 6.07) is 0. The molecule has 4 nitrogen and oxygen atoms in total. The van der Waals surface area contributed by atoms with Crippen LogP contribution in [0.15, 0.2) is 0 Å². The van der Waals surface area contributed by atoms with Crippen molar-refractivity contribution in [3.05, 3.63) is 0 Å². The second-order valence-electron chi connectivity index (χ2n) is 11.5. The first-order valence-corrected chi connectivity index (χ1v) is 12.1. The number of rotatable bonds is 4. The van der Waals surface area contributed by atoms with E-state index < -0.39 is 0 Å². The minimum absolute atomic E-state index is 0.0888. The fraction of sp³-hybridized carbons (Fsp3) is 0.960. The number of aliphatic hydroxyl groups is 2. The maximum atomic E-state index is 11.6. The molecule has 0 spiro atoms. The van der Waals surface area contributed by atoms with E-state index in [1.54, 1.807) is 0 Å². The zero-order valence-electron chi connectivity index (χ0n) is 18.9. The predicted octanol–water partition coefficient (Wildman–Crippen LogP) is 4.57. The summed E-state index contributed by atoms with van der Waals surface area (Å²) in [4.78, 5) is 11.6. The molecule has 0 amide bonds. The Morgan fingerprint density at radius 2 is 1.69 bits per heavy atom. The molecule has 0 aliphatic heterocycles. The Morgan fingerprint density at radius 3 is 2.41 bits per heavy atom. The van der Waals surface area contributed by atoms with Gasteiger partial charge in [-0.25, -0.2) is 0 Å². The molecule has 4 aliphatic carbocycles. The SMILES string of the molecule is COC(=O)CC[C@H](C)[C@H]1CC[C@H]2[C@H]3C[C@H](O)[C@H]4C[C@@H](O)CC[C@]4(C)[C@@H]3CC[C@]12C. The Kier molecular flexibility index (Phi) is 5.83. The molecule has 4 rings (SSSR count). The summed E-state index contributed by atoms with van der Waals surface area (Å²) in [7, 11) is 1.48. The molecule has 0 unspecified atom stereocenters. The number of aliphatic hydroxyl groups excluding tert-OH is 2. The van der Waals surface area contributed by atoms with Crippen molar-refractivity contribution < 1.29 is 19.7 Å². The van der Waals surface area contributed by atoms with E-state index >= 15 is 0 Å². The molecule has 4 fully saturated rings. The minimum atomic E-state index is -0.255. The highest BCUT2D eigenvalue weighted by Gasteiger charge is 2.62. The number of carbonyl (C=O) groups excluding carboxylic acids is 1. The molecule has 0 aromatic rings. The normalized spacial score (nSPS) is 50.2. The Bertz CT molecular complexity index is 620. The number of methoxy groups -OCH3 is 1. The standard InChI is InChI=1S/C25H42O4/c1-15(5-8-23(28)29-4)18-6-7-19-17-14-22(27)21-13-16(26)9-11-25(21,3)20(17)10-12-24(18,19)2/h15-22,26-27H,5-14H2,1-4H3/t15-,16-,17+,18+,19-,20+,21+,22-,24+,25+/m0/s1. The van der Waals surface area contributed by atoms with Crippen LogP contribution in [0, 0.1) is 46.3 Å². The van der Waals surface area contributed by atoms with Crippen molar-refractivity contribution in [3.63, 3.8) is 0 Å². The van der Waals surface area contributed by atoms with Gasteiger partial charge in [0.1, 0.15) is 0 Å². The van der Waals surface area contributed by atoms with E-state index in [9.17, 15) is 15.0 Å². The van der Waals surface area contributed by atoms with Crippen molar-refractivity contribution in [2.75, 3.05) is 7.11 Å². The van der Waals surface area contributed by atoms with Gasteiger partial charge in [0.2, 0.25) is 0 Å². The number of carbonyl (C=O) groups is 1. The van der Waals surface area contributed by atoms with Gasteiger partial charge in [-0.2, -0.15) is 0 Å². The predicted molar refractivity (Wildman–Crippen MR) is 113 cm³/mol. The Morgan fingerprint density at radius 1 is 1.00 bits per heavy atom. The van der Waals surface area contributed by atoms with Crippen LogP contribution in [0.4, 0.5) is 0 Å². The summed E-state index contributed by atoms with van der Waals surface area (Å²) in [6.07, 6.45) is 9.77. The van der Waals surface area contributed by atoms with Crippen LogP contribution in [0.5, 0.6) is 0 Å². The van der Waals surface area contributed by atoms with E-state index in [-0.39, 0.29) is 29.5 Å². The Hall–Kier alpha value is -0.610. The van der Waals surface area contributed by atoms with E-state index in [4.69, 9.17) is 4.74 Å². The van der Waals surface area contributed by atoms with Gasteiger partial charge < -0.3 is 14.9 Å². The summed E-state index contributed by atoms with van der Waals surface area (Å²) in [5.74, 6) is 3.42. The molecule has 0 saturated heterocycles. The lowest BCUT2D eigenvalue weighted by Gasteiger charge is -2.62. The summed E-state index contributed by atoms with van der Waals surface area (Å²) >= 11 is 0. The van der Waals surface area contributed by atoms with Crippen LogP contribution in [-0.4, -0.2) is 35.5 Å². The zero-order chi connectivity index (χ0) is 21.0. The molecule has 166 valence electrons. The van der Waals surface area contributed by atoms with Crippen LogP contribution >= 0.6 is 0 Å². The van der Waals surface area contributed by atoms with Crippen molar-refractivity contribution in [1.82, 2.24) is 0 Å². The lowest BCUT2D eigenvalue weighted by Crippen LogP contribution is -2.58. The van der Waals surface area contributed by atoms with E-state index in [0.29, 0.717) is 41.4 Å². The molecular formula is C25H42O4. The average molecular weight is 407 g/mol. The first-order chi connectivity index (χ1) is 13.7. The number of hydrogen-bond acceptors (Lipinski definition) is 4. The van der Waals surface area contributed by atoms with Gasteiger partial charge in [0.05, 0.1) is 19.3 Å². The second kappa shape index (κ2) is 7.82. The molecule has 0 radical (unpaired) electrons. The summed E-state index contributed by atoms with van der Waals surface area (Å²) in [5, 5.41) is 21.3. The molecular weight excluding hydrogens is 364 g/mol. The quantitative estimate of drug-likeness (QED) is 0.671. The van der Waals surface area contributed by atoms with Gasteiger partial charge in [0, 0.05) is 6.42 Å². The molecule has 4 saturated carbocycles. The molecule has 0 aromatic heterocycles. The van der Waals surface area contributed by atoms with Crippen molar-refractivity contribution >= 4 is 5.97 Å². The highest BCUT2D eigenvalue weighted by atomic mass is 16.5. The molecule has 2 N–H and O–H groups in total. The fourth-order valence-electron chi connectivity index (χ4n) is 8.90. The van der Waals surface area contributed by atoms with E-state index in [1.165, 1.54) is 32.8 Å². The van der Waals surface area contributed by atoms with E-state index in [0.717, 1.165) is 32.1 Å². The largest absolute Gasteiger partial charge is 0.469 e. The zero-order valence-corrected chi connectivity index (χ0v) is 18.9. The number of ether oxygens (including phenoxy) is 1. The molecule has 4 heteroatoms. The fourth-order valence-corrected chi connectivity index (χ4v) is 8.90. The smallest absolute Gasteiger partial charge is 0.305 e. The number of esters is 1. The van der Waals surface area contributed by atoms with Crippen LogP contribution in [0.25, 0.3) is 0 Å². The number of hydrogen-bond donors (Lipinski definition) is 2. The van der Waals surface area contributed by atoms with Crippen molar-refractivity contribution in [2.45, 2.75) is 97.2 Å². The molecule has 29 heavy (non-hydrogen) atoms. The van der Waals surface area contributed by atoms with Crippen LogP contribution in [0.2, 0.25) is 0 Å². The Labute approximate surface area is 176 Å². The van der Waals surface area contributed by atoms with Gasteiger partial charge in [0.25, 0.3) is 0 Å². The van der Waals surface area contributed by atoms with Gasteiger partial charge >= 0.3 is 5.97 Å². The highest BCUT2D eigenvalue weighted by molar-refractivity contribution is 5.69. The third-order valence-corrected chi connectivity index (χ3v) is 10.4. The van der Waals surface area contributed by atoms with Crippen molar-refractivity contribution in [3.8, 4) is 0 Å². The van der Waals surface area contributed by atoms with Crippen LogP contribution in [0.3, 0.4) is 0 Å². The average Bonchev–Trinajstić information content (AvgIpc) is 3.05. The second-order valence-corrected chi connectivity index (χ2v) is 11.5. The summed E-state index contributed by atoms with van der Waals surface area (Å²) in [5.41, 5.74) is 0.533. The van der Waals surface area contributed by atoms with E-state index in [2.05, 4.69) is 20.8 Å². The molecule has 0 bridgehead atoms.